The summed E-state index contributed by atoms with van der Waals surface area (Å²) in [5.41, 5.74) is 0.820. The second kappa shape index (κ2) is 7.92. The van der Waals surface area contributed by atoms with E-state index in [2.05, 4.69) is 24.1 Å². The number of aromatic nitrogens is 1. The molecular formula is C17H25N3O2. The van der Waals surface area contributed by atoms with E-state index in [1.54, 1.807) is 6.20 Å². The van der Waals surface area contributed by atoms with Crippen LogP contribution in [0.4, 0.5) is 0 Å². The quantitative estimate of drug-likeness (QED) is 0.905. The first kappa shape index (κ1) is 16.5. The van der Waals surface area contributed by atoms with Gasteiger partial charge in [0.05, 0.1) is 12.2 Å². The Bertz CT molecular complexity index is 494. The number of hydrogen-bond acceptors (Lipinski definition) is 3. The Labute approximate surface area is 132 Å². The molecule has 1 aliphatic rings. The number of hydrogen-bond donors (Lipinski definition) is 1. The van der Waals surface area contributed by atoms with Gasteiger partial charge in [-0.15, -0.1) is 0 Å². The minimum Gasteiger partial charge on any atom is -0.350 e. The fourth-order valence-electron chi connectivity index (χ4n) is 3.03. The first-order valence-electron chi connectivity index (χ1n) is 7.99. The van der Waals surface area contributed by atoms with Gasteiger partial charge in [0.25, 0.3) is 0 Å². The molecule has 1 aromatic heterocycles. The zero-order valence-corrected chi connectivity index (χ0v) is 13.4. The number of piperidine rings is 1. The van der Waals surface area contributed by atoms with Crippen molar-refractivity contribution in [3.8, 4) is 0 Å². The third kappa shape index (κ3) is 5.13. The molecule has 2 amide bonds. The first-order chi connectivity index (χ1) is 10.5. The number of nitrogens with one attached hydrogen (secondary N) is 1. The van der Waals surface area contributed by atoms with Crippen LogP contribution in [0.3, 0.4) is 0 Å². The lowest BCUT2D eigenvalue weighted by molar-refractivity contribution is -0.135. The van der Waals surface area contributed by atoms with Crippen molar-refractivity contribution in [1.29, 1.82) is 0 Å². The highest BCUT2D eigenvalue weighted by atomic mass is 16.2. The van der Waals surface area contributed by atoms with Gasteiger partial charge >= 0.3 is 0 Å². The van der Waals surface area contributed by atoms with Crippen LogP contribution in [0.1, 0.15) is 38.8 Å². The maximum Gasteiger partial charge on any atom is 0.223 e. The number of amides is 2. The number of carbonyl (C=O) groups excluding carboxylic acids is 2. The molecule has 0 unspecified atom stereocenters. The third-order valence-electron chi connectivity index (χ3n) is 3.98. The van der Waals surface area contributed by atoms with E-state index in [-0.39, 0.29) is 24.7 Å². The zero-order chi connectivity index (χ0) is 15.9. The predicted octanol–water partition coefficient (Wildman–Crippen LogP) is 1.98. The molecule has 0 bridgehead atoms. The van der Waals surface area contributed by atoms with Crippen LogP contribution in [0.5, 0.6) is 0 Å². The molecule has 0 aromatic carbocycles. The summed E-state index contributed by atoms with van der Waals surface area (Å²) < 4.78 is 0. The van der Waals surface area contributed by atoms with Crippen molar-refractivity contribution < 1.29 is 9.59 Å². The van der Waals surface area contributed by atoms with Gasteiger partial charge in [0.15, 0.2) is 0 Å². The van der Waals surface area contributed by atoms with E-state index in [9.17, 15) is 9.59 Å². The van der Waals surface area contributed by atoms with Gasteiger partial charge in [-0.25, -0.2) is 0 Å². The number of nitrogens with zero attached hydrogens (tertiary/aromatic N) is 2. The first-order valence-corrected chi connectivity index (χ1v) is 7.99. The maximum absolute atomic E-state index is 12.2. The molecule has 0 radical (unpaired) electrons. The minimum atomic E-state index is -0.0999. The van der Waals surface area contributed by atoms with E-state index >= 15 is 0 Å². The van der Waals surface area contributed by atoms with E-state index in [0.29, 0.717) is 18.4 Å². The van der Waals surface area contributed by atoms with Gasteiger partial charge in [-0.3, -0.25) is 14.6 Å². The van der Waals surface area contributed by atoms with E-state index in [1.165, 1.54) is 6.42 Å². The summed E-state index contributed by atoms with van der Waals surface area (Å²) >= 11 is 0. The lowest BCUT2D eigenvalue weighted by Crippen LogP contribution is -2.42. The molecule has 0 aliphatic carbocycles. The highest BCUT2D eigenvalue weighted by Crippen LogP contribution is 2.21. The van der Waals surface area contributed by atoms with Crippen molar-refractivity contribution in [3.63, 3.8) is 0 Å². The SMILES string of the molecule is C[C@H]1C[C@H](C)CN(C(=O)CCC(=O)NCc2ccccn2)C1. The second-order valence-electron chi connectivity index (χ2n) is 6.34. The molecule has 2 heterocycles. The van der Waals surface area contributed by atoms with Crippen LogP contribution in [-0.2, 0) is 16.1 Å². The topological polar surface area (TPSA) is 62.3 Å². The lowest BCUT2D eigenvalue weighted by atomic mass is 9.91. The summed E-state index contributed by atoms with van der Waals surface area (Å²) in [4.78, 5) is 30.1. The van der Waals surface area contributed by atoms with Crippen LogP contribution in [0.25, 0.3) is 0 Å². The Morgan fingerprint density at radius 3 is 2.59 bits per heavy atom. The van der Waals surface area contributed by atoms with Crippen molar-refractivity contribution in [3.05, 3.63) is 30.1 Å². The van der Waals surface area contributed by atoms with Crippen LogP contribution in [0.2, 0.25) is 0 Å². The van der Waals surface area contributed by atoms with Gasteiger partial charge in [0, 0.05) is 32.1 Å². The summed E-state index contributed by atoms with van der Waals surface area (Å²) in [6, 6.07) is 5.59. The molecule has 0 spiro atoms. The Morgan fingerprint density at radius 1 is 1.23 bits per heavy atom. The average molecular weight is 303 g/mol. The number of pyridine rings is 1. The second-order valence-corrected chi connectivity index (χ2v) is 6.34. The lowest BCUT2D eigenvalue weighted by Gasteiger charge is -2.35. The van der Waals surface area contributed by atoms with E-state index in [1.807, 2.05) is 23.1 Å². The molecule has 1 aliphatic heterocycles. The maximum atomic E-state index is 12.2. The van der Waals surface area contributed by atoms with Gasteiger partial charge in [0.2, 0.25) is 11.8 Å². The molecule has 1 saturated heterocycles. The summed E-state index contributed by atoms with van der Waals surface area (Å²) in [5.74, 6) is 1.08. The molecule has 0 saturated carbocycles. The van der Waals surface area contributed by atoms with Crippen LogP contribution in [0.15, 0.2) is 24.4 Å². The number of rotatable bonds is 5. The van der Waals surface area contributed by atoms with Crippen LogP contribution < -0.4 is 5.32 Å². The van der Waals surface area contributed by atoms with Gasteiger partial charge in [0.1, 0.15) is 0 Å². The van der Waals surface area contributed by atoms with Gasteiger partial charge in [-0.05, 0) is 30.4 Å². The molecule has 1 N–H and O–H groups in total. The predicted molar refractivity (Wildman–Crippen MR) is 84.8 cm³/mol. The van der Waals surface area contributed by atoms with Gasteiger partial charge < -0.3 is 10.2 Å². The van der Waals surface area contributed by atoms with Crippen LogP contribution in [0, 0.1) is 11.8 Å². The van der Waals surface area contributed by atoms with E-state index in [0.717, 1.165) is 18.8 Å². The Kier molecular flexibility index (Phi) is 5.92. The largest absolute Gasteiger partial charge is 0.350 e. The van der Waals surface area contributed by atoms with Crippen molar-refractivity contribution in [2.75, 3.05) is 13.1 Å². The normalized spacial score (nSPS) is 21.5. The Morgan fingerprint density at radius 2 is 1.95 bits per heavy atom. The summed E-state index contributed by atoms with van der Waals surface area (Å²) in [7, 11) is 0. The molecular weight excluding hydrogens is 278 g/mol. The molecule has 120 valence electrons. The van der Waals surface area contributed by atoms with Gasteiger partial charge in [-0.1, -0.05) is 19.9 Å². The Balaban J connectivity index is 1.70. The van der Waals surface area contributed by atoms with Crippen molar-refractivity contribution in [2.24, 2.45) is 11.8 Å². The highest BCUT2D eigenvalue weighted by Gasteiger charge is 2.25. The van der Waals surface area contributed by atoms with Gasteiger partial charge in [-0.2, -0.15) is 0 Å². The molecule has 5 nitrogen and oxygen atoms in total. The third-order valence-corrected chi connectivity index (χ3v) is 3.98. The monoisotopic (exact) mass is 303 g/mol. The van der Waals surface area contributed by atoms with E-state index < -0.39 is 0 Å². The smallest absolute Gasteiger partial charge is 0.223 e. The van der Waals surface area contributed by atoms with Crippen LogP contribution in [-0.4, -0.2) is 34.8 Å². The van der Waals surface area contributed by atoms with Crippen LogP contribution >= 0.6 is 0 Å². The molecule has 1 fully saturated rings. The summed E-state index contributed by atoms with van der Waals surface area (Å²) in [5, 5.41) is 2.80. The highest BCUT2D eigenvalue weighted by molar-refractivity contribution is 5.83. The molecule has 22 heavy (non-hydrogen) atoms. The number of likely N-dealkylation sites (tertiary alicyclic amines) is 1. The summed E-state index contributed by atoms with van der Waals surface area (Å²) in [6.45, 7) is 6.40. The minimum absolute atomic E-state index is 0.0892. The Hall–Kier alpha value is -1.91. The fraction of sp³-hybridized carbons (Fsp3) is 0.588. The average Bonchev–Trinajstić information content (AvgIpc) is 2.50. The van der Waals surface area contributed by atoms with Crippen molar-refractivity contribution in [1.82, 2.24) is 15.2 Å². The van der Waals surface area contributed by atoms with Crippen molar-refractivity contribution in [2.45, 2.75) is 39.7 Å². The molecule has 1 aromatic rings. The zero-order valence-electron chi connectivity index (χ0n) is 13.4. The van der Waals surface area contributed by atoms with Crippen molar-refractivity contribution >= 4 is 11.8 Å². The standard InChI is InChI=1S/C17H25N3O2/c1-13-9-14(2)12-20(11-13)17(22)7-6-16(21)19-10-15-5-3-4-8-18-15/h3-5,8,13-14H,6-7,9-12H2,1-2H3,(H,19,21)/t13-,14-/m0/s1. The number of carbonyl (C=O) groups is 2. The fourth-order valence-corrected chi connectivity index (χ4v) is 3.03. The molecule has 2 atom stereocenters. The van der Waals surface area contributed by atoms with E-state index in [4.69, 9.17) is 0 Å². The molecule has 5 heteroatoms. The summed E-state index contributed by atoms with van der Waals surface area (Å²) in [6.07, 6.45) is 3.40. The molecule has 2 rings (SSSR count).